The molecule has 1 aliphatic heterocycles. The van der Waals surface area contributed by atoms with Crippen LogP contribution in [-0.4, -0.2) is 52.4 Å². The first-order valence-electron chi connectivity index (χ1n) is 12.0. The molecule has 2 fully saturated rings. The predicted molar refractivity (Wildman–Crippen MR) is 131 cm³/mol. The molecule has 0 spiro atoms. The molecule has 176 valence electrons. The van der Waals surface area contributed by atoms with Gasteiger partial charge in [0.05, 0.1) is 5.56 Å². The fraction of sp³-hybridized carbons (Fsp3) is 0.357. The maximum absolute atomic E-state index is 13.2. The van der Waals surface area contributed by atoms with Gasteiger partial charge in [-0.15, -0.1) is 0 Å². The lowest BCUT2D eigenvalue weighted by molar-refractivity contribution is 0.0535. The number of piperazine rings is 1. The van der Waals surface area contributed by atoms with Crippen molar-refractivity contribution in [1.82, 2.24) is 14.4 Å². The van der Waals surface area contributed by atoms with E-state index in [1.807, 2.05) is 77.4 Å². The van der Waals surface area contributed by atoms with Crippen molar-refractivity contribution in [2.75, 3.05) is 26.2 Å². The lowest BCUT2D eigenvalue weighted by atomic mass is 10.1. The van der Waals surface area contributed by atoms with E-state index in [1.165, 1.54) is 12.8 Å². The summed E-state index contributed by atoms with van der Waals surface area (Å²) in [7, 11) is 0. The highest BCUT2D eigenvalue weighted by molar-refractivity contribution is 5.97. The summed E-state index contributed by atoms with van der Waals surface area (Å²) in [6, 6.07) is 19.9. The van der Waals surface area contributed by atoms with Gasteiger partial charge in [0.2, 0.25) is 0 Å². The Hall–Kier alpha value is -3.54. The summed E-state index contributed by atoms with van der Waals surface area (Å²) in [6.07, 6.45) is 2.40. The molecule has 1 aromatic heterocycles. The highest BCUT2D eigenvalue weighted by Crippen LogP contribution is 2.38. The minimum Gasteiger partial charge on any atom is -0.489 e. The van der Waals surface area contributed by atoms with Crippen LogP contribution in [0.25, 0.3) is 0 Å². The first-order valence-corrected chi connectivity index (χ1v) is 12.0. The Morgan fingerprint density at radius 3 is 2.09 bits per heavy atom. The van der Waals surface area contributed by atoms with Crippen LogP contribution in [0.4, 0.5) is 0 Å². The molecule has 1 saturated heterocycles. The molecule has 5 rings (SSSR count). The monoisotopic (exact) mass is 457 g/mol. The second kappa shape index (κ2) is 9.37. The molecule has 2 heterocycles. The van der Waals surface area contributed by atoms with Gasteiger partial charge in [-0.25, -0.2) is 0 Å². The summed E-state index contributed by atoms with van der Waals surface area (Å²) in [4.78, 5) is 29.9. The van der Waals surface area contributed by atoms with Gasteiger partial charge in [-0.1, -0.05) is 30.3 Å². The minimum atomic E-state index is -0.00591. The van der Waals surface area contributed by atoms with Gasteiger partial charge >= 0.3 is 0 Å². The van der Waals surface area contributed by atoms with Crippen LogP contribution < -0.4 is 4.74 Å². The molecule has 6 heteroatoms. The van der Waals surface area contributed by atoms with Crippen LogP contribution >= 0.6 is 0 Å². The largest absolute Gasteiger partial charge is 0.489 e. The zero-order valence-corrected chi connectivity index (χ0v) is 19.9. The van der Waals surface area contributed by atoms with E-state index < -0.39 is 0 Å². The van der Waals surface area contributed by atoms with Crippen molar-refractivity contribution in [3.05, 3.63) is 88.7 Å². The number of aryl methyl sites for hydroxylation is 1. The van der Waals surface area contributed by atoms with Crippen molar-refractivity contribution in [3.63, 3.8) is 0 Å². The SMILES string of the molecule is Cc1cc(C(=O)N2CCN(C(=O)c3ccc(OCc4ccccc4)cc3)CC2)c(C)n1C1CC1. The van der Waals surface area contributed by atoms with Crippen molar-refractivity contribution in [2.24, 2.45) is 0 Å². The van der Waals surface area contributed by atoms with E-state index in [2.05, 4.69) is 11.5 Å². The number of ether oxygens (including phenoxy) is 1. The number of rotatable bonds is 6. The normalized spacial score (nSPS) is 15.9. The van der Waals surface area contributed by atoms with E-state index in [0.29, 0.717) is 44.4 Å². The fourth-order valence-electron chi connectivity index (χ4n) is 4.79. The van der Waals surface area contributed by atoms with Gasteiger partial charge in [0.15, 0.2) is 0 Å². The molecule has 0 radical (unpaired) electrons. The standard InChI is InChI=1S/C28H31N3O3/c1-20-18-26(21(2)31(20)24-10-11-24)28(33)30-16-14-29(15-17-30)27(32)23-8-12-25(13-9-23)34-19-22-6-4-3-5-7-22/h3-9,12-13,18,24H,10-11,14-17,19H2,1-2H3. The van der Waals surface area contributed by atoms with E-state index in [4.69, 9.17) is 4.74 Å². The van der Waals surface area contributed by atoms with Gasteiger partial charge < -0.3 is 19.1 Å². The Morgan fingerprint density at radius 1 is 0.853 bits per heavy atom. The van der Waals surface area contributed by atoms with Crippen LogP contribution in [0.3, 0.4) is 0 Å². The molecule has 2 aromatic carbocycles. The number of aromatic nitrogens is 1. The fourth-order valence-corrected chi connectivity index (χ4v) is 4.79. The third-order valence-electron chi connectivity index (χ3n) is 6.83. The molecule has 0 atom stereocenters. The highest BCUT2D eigenvalue weighted by atomic mass is 16.5. The molecule has 6 nitrogen and oxygen atoms in total. The molecule has 0 bridgehead atoms. The topological polar surface area (TPSA) is 54.8 Å². The smallest absolute Gasteiger partial charge is 0.255 e. The molecule has 2 aliphatic rings. The van der Waals surface area contributed by atoms with Crippen LogP contribution in [-0.2, 0) is 6.61 Å². The van der Waals surface area contributed by atoms with E-state index in [0.717, 1.165) is 28.3 Å². The third-order valence-corrected chi connectivity index (χ3v) is 6.83. The third kappa shape index (κ3) is 4.58. The first-order chi connectivity index (χ1) is 16.5. The molecule has 0 unspecified atom stereocenters. The number of carbonyl (C=O) groups is 2. The predicted octanol–water partition coefficient (Wildman–Crippen LogP) is 4.62. The Bertz CT molecular complexity index is 1170. The van der Waals surface area contributed by atoms with E-state index in [1.54, 1.807) is 0 Å². The summed E-state index contributed by atoms with van der Waals surface area (Å²) in [5.74, 6) is 0.806. The van der Waals surface area contributed by atoms with Gasteiger partial charge in [-0.3, -0.25) is 9.59 Å². The number of hydrogen-bond acceptors (Lipinski definition) is 3. The maximum Gasteiger partial charge on any atom is 0.255 e. The van der Waals surface area contributed by atoms with Gasteiger partial charge in [0.1, 0.15) is 12.4 Å². The average molecular weight is 458 g/mol. The maximum atomic E-state index is 13.2. The Labute approximate surface area is 200 Å². The molecule has 0 N–H and O–H groups in total. The lowest BCUT2D eigenvalue weighted by Crippen LogP contribution is -2.50. The Balaban J connectivity index is 1.16. The number of carbonyl (C=O) groups excluding carboxylic acids is 2. The number of benzene rings is 2. The molecule has 34 heavy (non-hydrogen) atoms. The molecular weight excluding hydrogens is 426 g/mol. The van der Waals surface area contributed by atoms with Gasteiger partial charge in [-0.2, -0.15) is 0 Å². The van der Waals surface area contributed by atoms with Crippen LogP contribution in [0.2, 0.25) is 0 Å². The molecule has 1 saturated carbocycles. The van der Waals surface area contributed by atoms with Crippen molar-refractivity contribution < 1.29 is 14.3 Å². The van der Waals surface area contributed by atoms with Crippen LogP contribution in [0, 0.1) is 13.8 Å². The molecule has 1 aliphatic carbocycles. The number of hydrogen-bond donors (Lipinski definition) is 0. The van der Waals surface area contributed by atoms with Crippen molar-refractivity contribution in [3.8, 4) is 5.75 Å². The van der Waals surface area contributed by atoms with Gasteiger partial charge in [-0.05, 0) is 62.6 Å². The molecular formula is C28H31N3O3. The molecule has 3 aromatic rings. The summed E-state index contributed by atoms with van der Waals surface area (Å²) in [5, 5.41) is 0. The second-order valence-corrected chi connectivity index (χ2v) is 9.27. The summed E-state index contributed by atoms with van der Waals surface area (Å²) in [6.45, 7) is 6.80. The average Bonchev–Trinajstić information content (AvgIpc) is 3.66. The van der Waals surface area contributed by atoms with Gasteiger partial charge in [0, 0.05) is 49.2 Å². The van der Waals surface area contributed by atoms with Crippen LogP contribution in [0.1, 0.15) is 56.6 Å². The zero-order valence-electron chi connectivity index (χ0n) is 19.9. The Morgan fingerprint density at radius 2 is 1.47 bits per heavy atom. The van der Waals surface area contributed by atoms with Gasteiger partial charge in [0.25, 0.3) is 11.8 Å². The summed E-state index contributed by atoms with van der Waals surface area (Å²) in [5.41, 5.74) is 4.77. The summed E-state index contributed by atoms with van der Waals surface area (Å²) >= 11 is 0. The van der Waals surface area contributed by atoms with E-state index >= 15 is 0 Å². The number of amides is 2. The van der Waals surface area contributed by atoms with Crippen LogP contribution in [0.5, 0.6) is 5.75 Å². The second-order valence-electron chi connectivity index (χ2n) is 9.27. The summed E-state index contributed by atoms with van der Waals surface area (Å²) < 4.78 is 8.13. The van der Waals surface area contributed by atoms with E-state index in [9.17, 15) is 9.59 Å². The van der Waals surface area contributed by atoms with Crippen molar-refractivity contribution in [1.29, 1.82) is 0 Å². The quantitative estimate of drug-likeness (QED) is 0.543. The Kier molecular flexibility index (Phi) is 6.14. The van der Waals surface area contributed by atoms with Crippen LogP contribution in [0.15, 0.2) is 60.7 Å². The lowest BCUT2D eigenvalue weighted by Gasteiger charge is -2.35. The minimum absolute atomic E-state index is 0.00591. The van der Waals surface area contributed by atoms with Crippen molar-refractivity contribution in [2.45, 2.75) is 39.3 Å². The van der Waals surface area contributed by atoms with E-state index in [-0.39, 0.29) is 11.8 Å². The first kappa shape index (κ1) is 22.3. The zero-order chi connectivity index (χ0) is 23.7. The molecule has 2 amide bonds. The highest BCUT2D eigenvalue weighted by Gasteiger charge is 2.31. The number of nitrogens with zero attached hydrogens (tertiary/aromatic N) is 3. The van der Waals surface area contributed by atoms with Crippen molar-refractivity contribution >= 4 is 11.8 Å².